The molecule has 0 fully saturated rings. The summed E-state index contributed by atoms with van der Waals surface area (Å²) in [5.74, 6) is -1.68. The molecule has 0 spiro atoms. The van der Waals surface area contributed by atoms with Gasteiger partial charge in [-0.3, -0.25) is 14.5 Å². The normalized spacial score (nSPS) is 9.81. The lowest BCUT2D eigenvalue weighted by atomic mass is 10.2. The number of nitrogens with one attached hydrogen (secondary N) is 2. The first-order valence-electron chi connectivity index (χ1n) is 6.54. The number of amides is 3. The minimum absolute atomic E-state index is 0.269. The number of urea groups is 1. The highest BCUT2D eigenvalue weighted by Crippen LogP contribution is 2.15. The Bertz CT molecular complexity index is 531. The summed E-state index contributed by atoms with van der Waals surface area (Å²) in [6, 6.07) is 7.04. The van der Waals surface area contributed by atoms with Crippen molar-refractivity contribution < 1.29 is 19.5 Å². The van der Waals surface area contributed by atoms with Gasteiger partial charge in [0.15, 0.2) is 0 Å². The Kier molecular flexibility index (Phi) is 6.19. The molecule has 1 aromatic rings. The fourth-order valence-electron chi connectivity index (χ4n) is 1.73. The Morgan fingerprint density at radius 2 is 1.90 bits per heavy atom. The average Bonchev–Trinajstić information content (AvgIpc) is 2.43. The molecule has 1 rings (SSSR count). The molecule has 1 aromatic carbocycles. The number of rotatable bonds is 6. The van der Waals surface area contributed by atoms with E-state index in [1.54, 1.807) is 6.07 Å². The summed E-state index contributed by atoms with van der Waals surface area (Å²) >= 11 is 0. The molecular formula is C14H19N3O4. The molecule has 21 heavy (non-hydrogen) atoms. The van der Waals surface area contributed by atoms with E-state index in [1.165, 1.54) is 4.90 Å². The van der Waals surface area contributed by atoms with Crippen LogP contribution >= 0.6 is 0 Å². The highest BCUT2D eigenvalue weighted by molar-refractivity contribution is 5.94. The fourth-order valence-corrected chi connectivity index (χ4v) is 1.73. The minimum atomic E-state index is -1.13. The van der Waals surface area contributed by atoms with E-state index in [-0.39, 0.29) is 6.54 Å². The molecule has 7 heteroatoms. The van der Waals surface area contributed by atoms with Gasteiger partial charge in [-0.15, -0.1) is 0 Å². The summed E-state index contributed by atoms with van der Waals surface area (Å²) < 4.78 is 0. The number of hydrogen-bond acceptors (Lipinski definition) is 3. The summed E-state index contributed by atoms with van der Waals surface area (Å²) in [5, 5.41) is 13.1. The van der Waals surface area contributed by atoms with Gasteiger partial charge in [-0.1, -0.05) is 12.1 Å². The van der Waals surface area contributed by atoms with E-state index in [1.807, 2.05) is 32.0 Å². The number of anilines is 1. The van der Waals surface area contributed by atoms with E-state index >= 15 is 0 Å². The van der Waals surface area contributed by atoms with Crippen LogP contribution in [0.4, 0.5) is 10.5 Å². The number of carbonyl (C=O) groups is 3. The van der Waals surface area contributed by atoms with Crippen LogP contribution in [-0.4, -0.2) is 42.6 Å². The van der Waals surface area contributed by atoms with Crippen LogP contribution < -0.4 is 15.5 Å². The van der Waals surface area contributed by atoms with Crippen molar-refractivity contribution in [2.75, 3.05) is 24.5 Å². The SMILES string of the molecule is CCN(C(=O)NCC(=O)NCC(=O)O)c1cccc(C)c1. The van der Waals surface area contributed by atoms with Crippen molar-refractivity contribution in [1.82, 2.24) is 10.6 Å². The lowest BCUT2D eigenvalue weighted by Gasteiger charge is -2.21. The highest BCUT2D eigenvalue weighted by atomic mass is 16.4. The molecule has 0 aromatic heterocycles. The molecule has 0 saturated heterocycles. The van der Waals surface area contributed by atoms with Gasteiger partial charge in [-0.25, -0.2) is 4.79 Å². The smallest absolute Gasteiger partial charge is 0.322 e. The first-order chi connectivity index (χ1) is 9.93. The van der Waals surface area contributed by atoms with Crippen molar-refractivity contribution in [3.63, 3.8) is 0 Å². The number of carboxylic acid groups (broad SMARTS) is 1. The molecule has 7 nitrogen and oxygen atoms in total. The van der Waals surface area contributed by atoms with Crippen LogP contribution in [0.5, 0.6) is 0 Å². The van der Waals surface area contributed by atoms with Crippen LogP contribution in [0, 0.1) is 6.92 Å². The van der Waals surface area contributed by atoms with E-state index in [9.17, 15) is 14.4 Å². The van der Waals surface area contributed by atoms with Crippen LogP contribution in [0.15, 0.2) is 24.3 Å². The van der Waals surface area contributed by atoms with Crippen LogP contribution in [0.25, 0.3) is 0 Å². The zero-order valence-corrected chi connectivity index (χ0v) is 12.0. The second kappa shape index (κ2) is 7.88. The molecule has 0 atom stereocenters. The Labute approximate surface area is 122 Å². The summed E-state index contributed by atoms with van der Waals surface area (Å²) in [4.78, 5) is 35.2. The van der Waals surface area contributed by atoms with Crippen molar-refractivity contribution >= 4 is 23.6 Å². The molecule has 0 bridgehead atoms. The van der Waals surface area contributed by atoms with Gasteiger partial charge in [0, 0.05) is 12.2 Å². The largest absolute Gasteiger partial charge is 0.480 e. The molecule has 0 aliphatic heterocycles. The molecule has 0 radical (unpaired) electrons. The zero-order chi connectivity index (χ0) is 15.8. The Morgan fingerprint density at radius 3 is 2.48 bits per heavy atom. The van der Waals surface area contributed by atoms with Gasteiger partial charge in [-0.2, -0.15) is 0 Å². The minimum Gasteiger partial charge on any atom is -0.480 e. The van der Waals surface area contributed by atoms with Crippen LogP contribution in [-0.2, 0) is 9.59 Å². The van der Waals surface area contributed by atoms with Crippen molar-refractivity contribution in [2.45, 2.75) is 13.8 Å². The van der Waals surface area contributed by atoms with Crippen molar-refractivity contribution in [3.05, 3.63) is 29.8 Å². The molecule has 0 saturated carbocycles. The Balaban J connectivity index is 2.56. The molecule has 0 aliphatic rings. The predicted octanol–water partition coefficient (Wildman–Crippen LogP) is 0.732. The quantitative estimate of drug-likeness (QED) is 0.720. The van der Waals surface area contributed by atoms with Gasteiger partial charge in [0.25, 0.3) is 0 Å². The standard InChI is InChI=1S/C14H19N3O4/c1-3-17(11-6-4-5-10(2)7-11)14(21)16-8-12(18)15-9-13(19)20/h4-7H,3,8-9H2,1-2H3,(H,15,18)(H,16,21)(H,19,20). The van der Waals surface area contributed by atoms with Gasteiger partial charge in [0.1, 0.15) is 6.54 Å². The average molecular weight is 293 g/mol. The number of aliphatic carboxylic acids is 1. The fraction of sp³-hybridized carbons (Fsp3) is 0.357. The second-order valence-electron chi connectivity index (χ2n) is 4.41. The van der Waals surface area contributed by atoms with Crippen molar-refractivity contribution in [2.24, 2.45) is 0 Å². The third-order valence-electron chi connectivity index (χ3n) is 2.71. The van der Waals surface area contributed by atoms with Crippen molar-refractivity contribution in [3.8, 4) is 0 Å². The van der Waals surface area contributed by atoms with E-state index in [4.69, 9.17) is 5.11 Å². The van der Waals surface area contributed by atoms with Crippen molar-refractivity contribution in [1.29, 1.82) is 0 Å². The van der Waals surface area contributed by atoms with E-state index < -0.39 is 24.5 Å². The molecule has 3 N–H and O–H groups in total. The number of aryl methyl sites for hydroxylation is 1. The Hall–Kier alpha value is -2.57. The summed E-state index contributed by atoms with van der Waals surface area (Å²) in [7, 11) is 0. The monoisotopic (exact) mass is 293 g/mol. The predicted molar refractivity (Wildman–Crippen MR) is 78.2 cm³/mol. The summed E-state index contributed by atoms with van der Waals surface area (Å²) in [6.45, 7) is 3.46. The zero-order valence-electron chi connectivity index (χ0n) is 12.0. The van der Waals surface area contributed by atoms with Crippen LogP contribution in [0.3, 0.4) is 0 Å². The summed E-state index contributed by atoms with van der Waals surface area (Å²) in [5.41, 5.74) is 1.76. The van der Waals surface area contributed by atoms with E-state index in [2.05, 4.69) is 10.6 Å². The number of benzene rings is 1. The highest BCUT2D eigenvalue weighted by Gasteiger charge is 2.14. The molecule has 3 amide bonds. The number of nitrogens with zero attached hydrogens (tertiary/aromatic N) is 1. The molecule has 0 unspecified atom stereocenters. The van der Waals surface area contributed by atoms with Gasteiger partial charge >= 0.3 is 12.0 Å². The molecular weight excluding hydrogens is 274 g/mol. The molecule has 0 heterocycles. The van der Waals surface area contributed by atoms with Gasteiger partial charge in [-0.05, 0) is 31.5 Å². The number of hydrogen-bond donors (Lipinski definition) is 3. The molecule has 114 valence electrons. The Morgan fingerprint density at radius 1 is 1.19 bits per heavy atom. The van der Waals surface area contributed by atoms with E-state index in [0.29, 0.717) is 6.54 Å². The van der Waals surface area contributed by atoms with Gasteiger partial charge in [0.05, 0.1) is 6.54 Å². The molecule has 0 aliphatic carbocycles. The third-order valence-corrected chi connectivity index (χ3v) is 2.71. The first-order valence-corrected chi connectivity index (χ1v) is 6.54. The van der Waals surface area contributed by atoms with E-state index in [0.717, 1.165) is 11.3 Å². The maximum absolute atomic E-state index is 12.0. The second-order valence-corrected chi connectivity index (χ2v) is 4.41. The third kappa shape index (κ3) is 5.52. The topological polar surface area (TPSA) is 98.7 Å². The van der Waals surface area contributed by atoms with Crippen LogP contribution in [0.1, 0.15) is 12.5 Å². The maximum Gasteiger partial charge on any atom is 0.322 e. The van der Waals surface area contributed by atoms with Crippen LogP contribution in [0.2, 0.25) is 0 Å². The first kappa shape index (κ1) is 16.5. The lowest BCUT2D eigenvalue weighted by Crippen LogP contribution is -2.45. The number of carboxylic acids is 1. The number of carbonyl (C=O) groups excluding carboxylic acids is 2. The maximum atomic E-state index is 12.0. The van der Waals surface area contributed by atoms with Gasteiger partial charge in [0.2, 0.25) is 5.91 Å². The summed E-state index contributed by atoms with van der Waals surface area (Å²) in [6.07, 6.45) is 0. The lowest BCUT2D eigenvalue weighted by molar-refractivity contribution is -0.137. The van der Waals surface area contributed by atoms with Gasteiger partial charge < -0.3 is 15.7 Å².